The Hall–Kier alpha value is -2.11. The zero-order chi connectivity index (χ0) is 16.7. The van der Waals surface area contributed by atoms with Crippen LogP contribution in [0, 0.1) is 17.1 Å². The molecule has 1 aromatic rings. The summed E-state index contributed by atoms with van der Waals surface area (Å²) >= 11 is 5.77. The number of anilines is 1. The second-order valence-electron chi connectivity index (χ2n) is 4.42. The summed E-state index contributed by atoms with van der Waals surface area (Å²) in [6, 6.07) is 1.55. The second-order valence-corrected chi connectivity index (χ2v) is 4.78. The molecule has 0 aliphatic heterocycles. The van der Waals surface area contributed by atoms with Crippen molar-refractivity contribution in [2.24, 2.45) is 0 Å². The Balaban J connectivity index is 2.96. The van der Waals surface area contributed by atoms with Gasteiger partial charge in [-0.05, 0) is 19.9 Å². The average Bonchev–Trinajstić information content (AvgIpc) is 2.45. The number of ether oxygens (including phenoxy) is 1. The molecular formula is C13H16ClFN4O3. The highest BCUT2D eigenvalue weighted by atomic mass is 35.5. The summed E-state index contributed by atoms with van der Waals surface area (Å²) in [7, 11) is 0. The molecule has 0 aromatic carbocycles. The fraction of sp³-hybridized carbons (Fsp3) is 0.462. The quantitative estimate of drug-likeness (QED) is 0.662. The number of nitrogens with one attached hydrogen (secondary N) is 2. The van der Waals surface area contributed by atoms with Crippen molar-refractivity contribution in [3.05, 3.63) is 22.6 Å². The fourth-order valence-electron chi connectivity index (χ4n) is 1.67. The Bertz CT molecular complexity index is 579. The molecule has 2 atom stereocenters. The highest BCUT2D eigenvalue weighted by Gasteiger charge is 2.22. The predicted molar refractivity (Wildman–Crippen MR) is 78.4 cm³/mol. The highest BCUT2D eigenvalue weighted by molar-refractivity contribution is 6.30. The van der Waals surface area contributed by atoms with Crippen molar-refractivity contribution in [2.75, 3.05) is 18.5 Å². The highest BCUT2D eigenvalue weighted by Crippen LogP contribution is 2.20. The Morgan fingerprint density at radius 2 is 2.36 bits per heavy atom. The molecule has 0 aliphatic rings. The lowest BCUT2D eigenvalue weighted by molar-refractivity contribution is 0.127. The van der Waals surface area contributed by atoms with E-state index < -0.39 is 24.0 Å². The van der Waals surface area contributed by atoms with E-state index in [4.69, 9.17) is 26.7 Å². The number of carbonyl (C=O) groups is 1. The molecule has 1 rings (SSSR count). The van der Waals surface area contributed by atoms with Gasteiger partial charge in [-0.2, -0.15) is 5.26 Å². The van der Waals surface area contributed by atoms with Gasteiger partial charge in [0.25, 0.3) is 0 Å². The van der Waals surface area contributed by atoms with Crippen molar-refractivity contribution in [3.63, 3.8) is 0 Å². The van der Waals surface area contributed by atoms with Crippen molar-refractivity contribution < 1.29 is 19.0 Å². The molecule has 120 valence electrons. The molecule has 7 nitrogen and oxygen atoms in total. The van der Waals surface area contributed by atoms with Crippen molar-refractivity contribution in [2.45, 2.75) is 25.9 Å². The van der Waals surface area contributed by atoms with Gasteiger partial charge in [0.1, 0.15) is 11.2 Å². The van der Waals surface area contributed by atoms with Gasteiger partial charge in [0, 0.05) is 6.61 Å². The Labute approximate surface area is 132 Å². The standard InChI is InChI=1S/C13H16ClFN4O3/c1-3-22-6-10(7(2)17-13(20)21)18-12-9(15)4-8(5-16)11(14)19-12/h4,7,10,17H,3,6H2,1-2H3,(H,18,19)(H,20,21)/t7-,10+/m0/s1. The molecule has 0 spiro atoms. The van der Waals surface area contributed by atoms with Crippen LogP contribution in [0.1, 0.15) is 19.4 Å². The summed E-state index contributed by atoms with van der Waals surface area (Å²) in [5.74, 6) is -0.933. The van der Waals surface area contributed by atoms with E-state index in [0.717, 1.165) is 6.07 Å². The van der Waals surface area contributed by atoms with Crippen LogP contribution in [0.15, 0.2) is 6.07 Å². The molecule has 0 saturated carbocycles. The summed E-state index contributed by atoms with van der Waals surface area (Å²) in [5.41, 5.74) is -0.0808. The maximum atomic E-state index is 13.9. The third-order valence-corrected chi connectivity index (χ3v) is 3.12. The number of nitriles is 1. The van der Waals surface area contributed by atoms with Gasteiger partial charge in [-0.15, -0.1) is 0 Å². The first-order valence-electron chi connectivity index (χ1n) is 6.48. The van der Waals surface area contributed by atoms with E-state index in [1.54, 1.807) is 19.9 Å². The molecule has 1 heterocycles. The van der Waals surface area contributed by atoms with Crippen molar-refractivity contribution >= 4 is 23.5 Å². The molecule has 0 radical (unpaired) electrons. The summed E-state index contributed by atoms with van der Waals surface area (Å²) < 4.78 is 19.2. The van der Waals surface area contributed by atoms with E-state index in [2.05, 4.69) is 15.6 Å². The van der Waals surface area contributed by atoms with E-state index in [1.165, 1.54) is 0 Å². The van der Waals surface area contributed by atoms with Crippen LogP contribution in [0.5, 0.6) is 0 Å². The normalized spacial score (nSPS) is 13.0. The molecule has 9 heteroatoms. The van der Waals surface area contributed by atoms with E-state index >= 15 is 0 Å². The van der Waals surface area contributed by atoms with Crippen LogP contribution < -0.4 is 10.6 Å². The molecular weight excluding hydrogens is 315 g/mol. The van der Waals surface area contributed by atoms with Crippen LogP contribution in [-0.2, 0) is 4.74 Å². The summed E-state index contributed by atoms with van der Waals surface area (Å²) in [6.07, 6.45) is -1.21. The number of pyridine rings is 1. The van der Waals surface area contributed by atoms with Crippen molar-refractivity contribution in [1.29, 1.82) is 5.26 Å². The minimum Gasteiger partial charge on any atom is -0.465 e. The largest absolute Gasteiger partial charge is 0.465 e. The van der Waals surface area contributed by atoms with E-state index in [1.807, 2.05) is 0 Å². The minimum atomic E-state index is -1.21. The van der Waals surface area contributed by atoms with Crippen LogP contribution in [0.4, 0.5) is 15.0 Å². The Morgan fingerprint density at radius 3 is 2.91 bits per heavy atom. The molecule has 3 N–H and O–H groups in total. The molecule has 0 aliphatic carbocycles. The van der Waals surface area contributed by atoms with Crippen LogP contribution in [-0.4, -0.2) is 41.5 Å². The van der Waals surface area contributed by atoms with Gasteiger partial charge in [0.05, 0.1) is 24.3 Å². The van der Waals surface area contributed by atoms with Crippen LogP contribution in [0.25, 0.3) is 0 Å². The first-order valence-corrected chi connectivity index (χ1v) is 6.86. The summed E-state index contributed by atoms with van der Waals surface area (Å²) in [6.45, 7) is 3.94. The number of rotatable bonds is 7. The van der Waals surface area contributed by atoms with Gasteiger partial charge >= 0.3 is 6.09 Å². The lowest BCUT2D eigenvalue weighted by Crippen LogP contribution is -2.47. The molecule has 22 heavy (non-hydrogen) atoms. The number of aromatic nitrogens is 1. The first kappa shape index (κ1) is 17.9. The molecule has 0 unspecified atom stereocenters. The third-order valence-electron chi connectivity index (χ3n) is 2.83. The van der Waals surface area contributed by atoms with Gasteiger partial charge < -0.3 is 20.5 Å². The minimum absolute atomic E-state index is 0.0808. The van der Waals surface area contributed by atoms with E-state index in [9.17, 15) is 9.18 Å². The van der Waals surface area contributed by atoms with Crippen LogP contribution >= 0.6 is 11.6 Å². The molecule has 0 bridgehead atoms. The molecule has 0 saturated heterocycles. The SMILES string of the molecule is CCOC[C@@H](Nc1nc(Cl)c(C#N)cc1F)[C@H](C)NC(=O)O. The molecule has 0 fully saturated rings. The van der Waals surface area contributed by atoms with E-state index in [-0.39, 0.29) is 23.1 Å². The van der Waals surface area contributed by atoms with Gasteiger partial charge in [-0.25, -0.2) is 14.2 Å². The number of halogens is 2. The predicted octanol–water partition coefficient (Wildman–Crippen LogP) is 2.22. The van der Waals surface area contributed by atoms with Gasteiger partial charge in [-0.3, -0.25) is 0 Å². The average molecular weight is 331 g/mol. The topological polar surface area (TPSA) is 107 Å². The second kappa shape index (κ2) is 8.36. The first-order chi connectivity index (χ1) is 10.4. The zero-order valence-electron chi connectivity index (χ0n) is 12.1. The molecule has 1 amide bonds. The summed E-state index contributed by atoms with van der Waals surface area (Å²) in [4.78, 5) is 14.5. The smallest absolute Gasteiger partial charge is 0.404 e. The number of nitrogens with zero attached hydrogens (tertiary/aromatic N) is 2. The fourth-order valence-corrected chi connectivity index (χ4v) is 1.85. The Kier molecular flexibility index (Phi) is 6.82. The number of hydrogen-bond donors (Lipinski definition) is 3. The Morgan fingerprint density at radius 1 is 1.68 bits per heavy atom. The number of amides is 1. The van der Waals surface area contributed by atoms with Crippen molar-refractivity contribution in [3.8, 4) is 6.07 Å². The van der Waals surface area contributed by atoms with Gasteiger partial charge in [0.2, 0.25) is 0 Å². The monoisotopic (exact) mass is 330 g/mol. The van der Waals surface area contributed by atoms with Crippen LogP contribution in [0.2, 0.25) is 5.15 Å². The van der Waals surface area contributed by atoms with E-state index in [0.29, 0.717) is 6.61 Å². The summed E-state index contributed by atoms with van der Waals surface area (Å²) in [5, 5.41) is 22.4. The lowest BCUT2D eigenvalue weighted by atomic mass is 10.1. The lowest BCUT2D eigenvalue weighted by Gasteiger charge is -2.25. The van der Waals surface area contributed by atoms with Gasteiger partial charge in [-0.1, -0.05) is 11.6 Å². The molecule has 1 aromatic heterocycles. The maximum absolute atomic E-state index is 13.9. The number of hydrogen-bond acceptors (Lipinski definition) is 5. The maximum Gasteiger partial charge on any atom is 0.404 e. The van der Waals surface area contributed by atoms with Crippen LogP contribution in [0.3, 0.4) is 0 Å². The third kappa shape index (κ3) is 5.02. The zero-order valence-corrected chi connectivity index (χ0v) is 12.8. The number of carboxylic acid groups (broad SMARTS) is 1. The van der Waals surface area contributed by atoms with Gasteiger partial charge in [0.15, 0.2) is 11.6 Å². The van der Waals surface area contributed by atoms with Crippen molar-refractivity contribution in [1.82, 2.24) is 10.3 Å².